The minimum atomic E-state index is -1.86. The summed E-state index contributed by atoms with van der Waals surface area (Å²) in [4.78, 5) is 23.6. The monoisotopic (exact) mass is 440 g/mol. The average Bonchev–Trinajstić information content (AvgIpc) is 2.93. The predicted octanol–water partition coefficient (Wildman–Crippen LogP) is 4.35. The van der Waals surface area contributed by atoms with E-state index in [-0.39, 0.29) is 10.6 Å². The maximum atomic E-state index is 11.8. The van der Waals surface area contributed by atoms with Crippen LogP contribution in [0.1, 0.15) is 46.2 Å². The molecule has 2 heterocycles. The van der Waals surface area contributed by atoms with Gasteiger partial charge in [-0.15, -0.1) is 0 Å². The molecule has 0 aromatic carbocycles. The fourth-order valence-corrected chi connectivity index (χ4v) is 3.79. The van der Waals surface area contributed by atoms with Crippen LogP contribution in [0.2, 0.25) is 18.1 Å². The molecule has 0 aliphatic heterocycles. The van der Waals surface area contributed by atoms with Crippen molar-refractivity contribution in [1.82, 2.24) is 20.3 Å². The van der Waals surface area contributed by atoms with Crippen molar-refractivity contribution in [1.29, 1.82) is 0 Å². The molecule has 2 rings (SSSR count). The van der Waals surface area contributed by atoms with Crippen LogP contribution in [0.25, 0.3) is 11.2 Å². The number of hydrogen-bond donors (Lipinski definition) is 2. The average molecular weight is 441 g/mol. The number of carbonyl (C=O) groups is 1. The highest BCUT2D eigenvalue weighted by Crippen LogP contribution is 2.37. The van der Waals surface area contributed by atoms with Crippen molar-refractivity contribution in [3.8, 4) is 0 Å². The summed E-state index contributed by atoms with van der Waals surface area (Å²) >= 11 is 3.34. The molecule has 2 aromatic rings. The lowest BCUT2D eigenvalue weighted by Crippen LogP contribution is -2.51. The number of H-pyrrole nitrogens is 1. The summed E-state index contributed by atoms with van der Waals surface area (Å²) in [6.07, 6.45) is 4.32. The highest BCUT2D eigenvalue weighted by Gasteiger charge is 2.39. The van der Waals surface area contributed by atoms with Gasteiger partial charge >= 0.3 is 0 Å². The van der Waals surface area contributed by atoms with Crippen LogP contribution >= 0.6 is 15.9 Å². The van der Waals surface area contributed by atoms with E-state index < -0.39 is 14.4 Å². The van der Waals surface area contributed by atoms with Gasteiger partial charge in [0.05, 0.1) is 18.8 Å². The summed E-state index contributed by atoms with van der Waals surface area (Å²) in [5.41, 5.74) is 1.76. The molecule has 2 N–H and O–H groups in total. The lowest BCUT2D eigenvalue weighted by Gasteiger charge is -2.39. The Morgan fingerprint density at radius 2 is 2.00 bits per heavy atom. The Hall–Kier alpha value is -1.09. The van der Waals surface area contributed by atoms with Crippen molar-refractivity contribution in [3.63, 3.8) is 0 Å². The summed E-state index contributed by atoms with van der Waals surface area (Å²) in [5.74, 6) is 0. The first kappa shape index (κ1) is 21.2. The van der Waals surface area contributed by atoms with E-state index in [0.717, 1.165) is 11.8 Å². The summed E-state index contributed by atoms with van der Waals surface area (Å²) in [5, 5.41) is 3.55. The van der Waals surface area contributed by atoms with Crippen molar-refractivity contribution in [2.24, 2.45) is 0 Å². The van der Waals surface area contributed by atoms with E-state index in [0.29, 0.717) is 22.4 Å². The molecule has 1 unspecified atom stereocenters. The normalized spacial score (nSPS) is 14.6. The molecule has 0 radical (unpaired) electrons. The van der Waals surface area contributed by atoms with Crippen molar-refractivity contribution in [3.05, 3.63) is 22.6 Å². The quantitative estimate of drug-likeness (QED) is 0.493. The molecular formula is C18H29BrN4O2Si. The van der Waals surface area contributed by atoms with Crippen LogP contribution in [-0.2, 0) is 9.22 Å². The molecule has 0 fully saturated rings. The van der Waals surface area contributed by atoms with E-state index >= 15 is 0 Å². The first-order valence-corrected chi connectivity index (χ1v) is 12.4. The van der Waals surface area contributed by atoms with Crippen LogP contribution in [0.15, 0.2) is 17.0 Å². The summed E-state index contributed by atoms with van der Waals surface area (Å²) in [6.45, 7) is 15.7. The molecule has 0 aliphatic carbocycles. The fourth-order valence-electron chi connectivity index (χ4n) is 2.35. The molecule has 0 aliphatic rings. The lowest BCUT2D eigenvalue weighted by atomic mass is 10.0. The molecule has 144 valence electrons. The van der Waals surface area contributed by atoms with Gasteiger partial charge in [-0.1, -0.05) is 20.8 Å². The second kappa shape index (κ2) is 7.50. The third-order valence-corrected chi connectivity index (χ3v) is 9.86. The minimum absolute atomic E-state index is 0.145. The lowest BCUT2D eigenvalue weighted by molar-refractivity contribution is -0.110. The number of fused-ring (bicyclic) bond motifs is 1. The second-order valence-corrected chi connectivity index (χ2v) is 14.4. The van der Waals surface area contributed by atoms with Gasteiger partial charge in [0, 0.05) is 17.3 Å². The number of nitrogens with one attached hydrogen (secondary N) is 2. The molecule has 1 atom stereocenters. The molecule has 0 spiro atoms. The Morgan fingerprint density at radius 1 is 1.35 bits per heavy atom. The van der Waals surface area contributed by atoms with Crippen LogP contribution in [0.4, 0.5) is 0 Å². The number of aromatic nitrogens is 3. The van der Waals surface area contributed by atoms with Crippen molar-refractivity contribution < 1.29 is 9.22 Å². The van der Waals surface area contributed by atoms with Crippen molar-refractivity contribution in [2.75, 3.05) is 6.61 Å². The van der Waals surface area contributed by atoms with E-state index in [4.69, 9.17) is 4.43 Å². The molecule has 0 saturated carbocycles. The number of rotatable bonds is 7. The summed E-state index contributed by atoms with van der Waals surface area (Å²) in [7, 11) is -1.86. The first-order valence-electron chi connectivity index (χ1n) is 8.73. The Labute approximate surface area is 164 Å². The van der Waals surface area contributed by atoms with E-state index in [1.54, 1.807) is 12.4 Å². The van der Waals surface area contributed by atoms with Gasteiger partial charge in [-0.2, -0.15) is 0 Å². The smallest absolute Gasteiger partial charge is 0.192 e. The molecule has 0 saturated heterocycles. The SMILES string of the molecule is CC(C)(CO[Si](C)(C)C(C)(C)C)NC(C=O)c1c[nH]c2ncc(Br)nc12. The van der Waals surface area contributed by atoms with Gasteiger partial charge in [-0.3, -0.25) is 5.32 Å². The first-order chi connectivity index (χ1) is 11.9. The van der Waals surface area contributed by atoms with Crippen LogP contribution in [0.5, 0.6) is 0 Å². The minimum Gasteiger partial charge on any atom is -0.415 e. The number of aldehydes is 1. The Bertz CT molecular complexity index is 783. The zero-order valence-electron chi connectivity index (χ0n) is 16.6. The number of halogens is 1. The number of carbonyl (C=O) groups excluding carboxylic acids is 1. The van der Waals surface area contributed by atoms with Gasteiger partial charge in [0.15, 0.2) is 14.0 Å². The third-order valence-electron chi connectivity index (χ3n) is 5.00. The van der Waals surface area contributed by atoms with Gasteiger partial charge < -0.3 is 14.2 Å². The van der Waals surface area contributed by atoms with Gasteiger partial charge in [-0.25, -0.2) is 9.97 Å². The van der Waals surface area contributed by atoms with Crippen molar-refractivity contribution >= 4 is 41.7 Å². The molecular weight excluding hydrogens is 412 g/mol. The second-order valence-electron chi connectivity index (χ2n) is 8.82. The van der Waals surface area contributed by atoms with E-state index in [9.17, 15) is 4.79 Å². The molecule has 6 nitrogen and oxygen atoms in total. The molecule has 26 heavy (non-hydrogen) atoms. The standard InChI is InChI=1S/C18H29BrN4O2Si/c1-17(2,3)26(6,7)25-11-18(4,5)23-13(10-24)12-8-20-16-15(12)22-14(19)9-21-16/h8-10,13,23H,11H2,1-7H3,(H,20,21). The van der Waals surface area contributed by atoms with Crippen LogP contribution < -0.4 is 5.32 Å². The highest BCUT2D eigenvalue weighted by molar-refractivity contribution is 9.10. The fraction of sp³-hybridized carbons (Fsp3) is 0.611. The van der Waals surface area contributed by atoms with Gasteiger partial charge in [0.2, 0.25) is 0 Å². The van der Waals surface area contributed by atoms with E-state index in [1.807, 2.05) is 13.8 Å². The summed E-state index contributed by atoms with van der Waals surface area (Å²) < 4.78 is 6.98. The van der Waals surface area contributed by atoms with Crippen LogP contribution in [-0.4, -0.2) is 41.7 Å². The highest BCUT2D eigenvalue weighted by atomic mass is 79.9. The number of nitrogens with zero attached hydrogens (tertiary/aromatic N) is 2. The van der Waals surface area contributed by atoms with Crippen LogP contribution in [0, 0.1) is 0 Å². The molecule has 2 aromatic heterocycles. The van der Waals surface area contributed by atoms with Crippen molar-refractivity contribution in [2.45, 2.75) is 64.3 Å². The summed E-state index contributed by atoms with van der Waals surface area (Å²) in [6, 6.07) is -0.495. The third kappa shape index (κ3) is 4.79. The molecule has 0 amide bonds. The van der Waals surface area contributed by atoms with Crippen LogP contribution in [0.3, 0.4) is 0 Å². The largest absolute Gasteiger partial charge is 0.415 e. The zero-order valence-corrected chi connectivity index (χ0v) is 19.2. The molecule has 8 heteroatoms. The topological polar surface area (TPSA) is 79.9 Å². The maximum absolute atomic E-state index is 11.8. The Kier molecular flexibility index (Phi) is 6.12. The zero-order chi connectivity index (χ0) is 19.8. The number of hydrogen-bond acceptors (Lipinski definition) is 5. The van der Waals surface area contributed by atoms with E-state index in [1.165, 1.54) is 0 Å². The van der Waals surface area contributed by atoms with E-state index in [2.05, 4.69) is 70.1 Å². The Balaban J connectivity index is 2.17. The predicted molar refractivity (Wildman–Crippen MR) is 111 cm³/mol. The molecule has 0 bridgehead atoms. The Morgan fingerprint density at radius 3 is 2.58 bits per heavy atom. The maximum Gasteiger partial charge on any atom is 0.192 e. The van der Waals surface area contributed by atoms with Gasteiger partial charge in [0.1, 0.15) is 16.4 Å². The van der Waals surface area contributed by atoms with Gasteiger partial charge in [0.25, 0.3) is 0 Å². The van der Waals surface area contributed by atoms with Gasteiger partial charge in [-0.05, 0) is 47.9 Å². The number of aromatic amines is 1.